The van der Waals surface area contributed by atoms with Crippen LogP contribution < -0.4 is 14.8 Å². The molecule has 0 aromatic heterocycles. The third kappa shape index (κ3) is 6.50. The molecule has 3 nitrogen and oxygen atoms in total. The van der Waals surface area contributed by atoms with Gasteiger partial charge in [0.15, 0.2) is 0 Å². The molecule has 1 aliphatic rings. The van der Waals surface area contributed by atoms with Crippen LogP contribution in [0.2, 0.25) is 0 Å². The zero-order valence-corrected chi connectivity index (χ0v) is 23.5. The van der Waals surface area contributed by atoms with Crippen molar-refractivity contribution in [2.24, 2.45) is 0 Å². The number of hydrogen-bond donors (Lipinski definition) is 0. The summed E-state index contributed by atoms with van der Waals surface area (Å²) in [6, 6.07) is 23.9. The Morgan fingerprint density at radius 1 is 0.889 bits per heavy atom. The molecule has 1 saturated heterocycles. The molecule has 0 amide bonds. The molecular formula is C32H42NO2P. The highest BCUT2D eigenvalue weighted by Crippen LogP contribution is 2.51. The summed E-state index contributed by atoms with van der Waals surface area (Å²) in [6.45, 7) is 10.9. The van der Waals surface area contributed by atoms with E-state index >= 15 is 0 Å². The summed E-state index contributed by atoms with van der Waals surface area (Å²) in [5.74, 6) is 1.87. The van der Waals surface area contributed by atoms with Gasteiger partial charge < -0.3 is 9.47 Å². The zero-order valence-electron chi connectivity index (χ0n) is 22.5. The van der Waals surface area contributed by atoms with Crippen LogP contribution in [0.5, 0.6) is 11.5 Å². The van der Waals surface area contributed by atoms with Crippen molar-refractivity contribution in [2.75, 3.05) is 20.2 Å². The number of aryl methyl sites for hydroxylation is 1. The number of hydrogen-bond acceptors (Lipinski definition) is 3. The van der Waals surface area contributed by atoms with E-state index in [1.165, 1.54) is 59.9 Å². The van der Waals surface area contributed by atoms with Gasteiger partial charge in [0.2, 0.25) is 0 Å². The Labute approximate surface area is 220 Å². The van der Waals surface area contributed by atoms with Crippen molar-refractivity contribution in [1.82, 2.24) is 4.90 Å². The summed E-state index contributed by atoms with van der Waals surface area (Å²) in [5.41, 5.74) is 5.30. The number of rotatable bonds is 11. The molecule has 4 rings (SSSR count). The Balaban J connectivity index is 1.68. The SMILES string of the molecule is CCC(CC)(Pc1ccc(C)cc1CN1CCCCC1)c1cc(OC)ccc1OCc1ccccc1. The van der Waals surface area contributed by atoms with Crippen LogP contribution in [0.1, 0.15) is 68.2 Å². The van der Waals surface area contributed by atoms with Gasteiger partial charge in [0.05, 0.1) is 7.11 Å². The van der Waals surface area contributed by atoms with Crippen molar-refractivity contribution in [3.8, 4) is 11.5 Å². The third-order valence-corrected chi connectivity index (χ3v) is 9.84. The monoisotopic (exact) mass is 503 g/mol. The van der Waals surface area contributed by atoms with E-state index in [0.717, 1.165) is 30.9 Å². The van der Waals surface area contributed by atoms with E-state index in [4.69, 9.17) is 9.47 Å². The molecule has 0 bridgehead atoms. The highest BCUT2D eigenvalue weighted by molar-refractivity contribution is 7.48. The fraction of sp³-hybridized carbons (Fsp3) is 0.438. The van der Waals surface area contributed by atoms with Crippen molar-refractivity contribution in [3.05, 3.63) is 89.0 Å². The number of methoxy groups -OCH3 is 1. The largest absolute Gasteiger partial charge is 0.497 e. The van der Waals surface area contributed by atoms with Gasteiger partial charge in [0.25, 0.3) is 0 Å². The molecule has 0 spiro atoms. The van der Waals surface area contributed by atoms with E-state index in [-0.39, 0.29) is 5.16 Å². The van der Waals surface area contributed by atoms with Crippen LogP contribution in [0.15, 0.2) is 66.7 Å². The average molecular weight is 504 g/mol. The molecule has 1 aliphatic heterocycles. The standard InChI is InChI=1S/C32H42NO2P/c1-5-32(6-2,36-31-18-15-25(3)21-27(31)23-33-19-11-8-12-20-33)29-22-28(34-4)16-17-30(29)35-24-26-13-9-7-10-14-26/h7,9-10,13-18,21-22,36H,5-6,8,11-12,19-20,23-24H2,1-4H3. The highest BCUT2D eigenvalue weighted by atomic mass is 31.1. The lowest BCUT2D eigenvalue weighted by Crippen LogP contribution is -2.31. The van der Waals surface area contributed by atoms with Gasteiger partial charge in [-0.05, 0) is 80.3 Å². The van der Waals surface area contributed by atoms with Gasteiger partial charge in [0.1, 0.15) is 18.1 Å². The van der Waals surface area contributed by atoms with Crippen LogP contribution in [0.4, 0.5) is 0 Å². The highest BCUT2D eigenvalue weighted by Gasteiger charge is 2.33. The predicted octanol–water partition coefficient (Wildman–Crippen LogP) is 7.59. The number of ether oxygens (including phenoxy) is 2. The molecule has 1 fully saturated rings. The number of nitrogens with zero attached hydrogens (tertiary/aromatic N) is 1. The van der Waals surface area contributed by atoms with Gasteiger partial charge in [-0.2, -0.15) is 0 Å². The quantitative estimate of drug-likeness (QED) is 0.252. The van der Waals surface area contributed by atoms with Gasteiger partial charge in [-0.3, -0.25) is 4.90 Å². The molecule has 192 valence electrons. The van der Waals surface area contributed by atoms with Crippen molar-refractivity contribution in [1.29, 1.82) is 0 Å². The summed E-state index contributed by atoms with van der Waals surface area (Å²) < 4.78 is 12.2. The minimum Gasteiger partial charge on any atom is -0.497 e. The van der Waals surface area contributed by atoms with Crippen LogP contribution in [-0.2, 0) is 18.3 Å². The molecule has 3 aromatic carbocycles. The maximum Gasteiger partial charge on any atom is 0.124 e. The predicted molar refractivity (Wildman–Crippen MR) is 154 cm³/mol. The first-order chi connectivity index (χ1) is 17.6. The summed E-state index contributed by atoms with van der Waals surface area (Å²) in [6.07, 6.45) is 6.11. The van der Waals surface area contributed by atoms with E-state index in [1.54, 1.807) is 7.11 Å². The Morgan fingerprint density at radius 2 is 1.64 bits per heavy atom. The van der Waals surface area contributed by atoms with Crippen molar-refractivity contribution in [2.45, 2.75) is 71.2 Å². The summed E-state index contributed by atoms with van der Waals surface area (Å²) in [4.78, 5) is 2.64. The lowest BCUT2D eigenvalue weighted by molar-refractivity contribution is 0.221. The van der Waals surface area contributed by atoms with Gasteiger partial charge in [-0.15, -0.1) is 0 Å². The van der Waals surface area contributed by atoms with Crippen molar-refractivity contribution in [3.63, 3.8) is 0 Å². The Bertz CT molecular complexity index is 1100. The fourth-order valence-electron chi connectivity index (χ4n) is 5.34. The third-order valence-electron chi connectivity index (χ3n) is 7.62. The van der Waals surface area contributed by atoms with E-state index in [0.29, 0.717) is 15.2 Å². The van der Waals surface area contributed by atoms with E-state index in [2.05, 4.69) is 80.3 Å². The molecule has 0 saturated carbocycles. The molecule has 4 heteroatoms. The molecule has 1 atom stereocenters. The number of benzene rings is 3. The second-order valence-electron chi connectivity index (χ2n) is 10.0. The van der Waals surface area contributed by atoms with Gasteiger partial charge in [0, 0.05) is 17.3 Å². The molecule has 3 aromatic rings. The first kappa shape index (κ1) is 26.7. The molecule has 36 heavy (non-hydrogen) atoms. The Kier molecular flexibility index (Phi) is 9.46. The lowest BCUT2D eigenvalue weighted by Gasteiger charge is -2.36. The first-order valence-electron chi connectivity index (χ1n) is 13.5. The fourth-order valence-corrected chi connectivity index (χ4v) is 7.02. The Morgan fingerprint density at radius 3 is 2.33 bits per heavy atom. The van der Waals surface area contributed by atoms with Gasteiger partial charge >= 0.3 is 0 Å². The second kappa shape index (κ2) is 12.7. The average Bonchev–Trinajstić information content (AvgIpc) is 2.93. The minimum atomic E-state index is -0.00747. The maximum atomic E-state index is 6.48. The van der Waals surface area contributed by atoms with Crippen molar-refractivity contribution >= 4 is 13.9 Å². The van der Waals surface area contributed by atoms with Crippen LogP contribution in [0.3, 0.4) is 0 Å². The molecule has 0 radical (unpaired) electrons. The van der Waals surface area contributed by atoms with Gasteiger partial charge in [-0.1, -0.05) is 82.9 Å². The van der Waals surface area contributed by atoms with Crippen LogP contribution in [-0.4, -0.2) is 25.1 Å². The van der Waals surface area contributed by atoms with E-state index < -0.39 is 0 Å². The van der Waals surface area contributed by atoms with Crippen LogP contribution in [0.25, 0.3) is 0 Å². The second-order valence-corrected chi connectivity index (χ2v) is 11.8. The topological polar surface area (TPSA) is 21.7 Å². The van der Waals surface area contributed by atoms with Crippen molar-refractivity contribution < 1.29 is 9.47 Å². The lowest BCUT2D eigenvalue weighted by atomic mass is 9.91. The number of piperidine rings is 1. The molecular weight excluding hydrogens is 461 g/mol. The minimum absolute atomic E-state index is 0.00747. The number of likely N-dealkylation sites (tertiary alicyclic amines) is 1. The van der Waals surface area contributed by atoms with Crippen LogP contribution >= 0.6 is 8.58 Å². The smallest absolute Gasteiger partial charge is 0.124 e. The maximum absolute atomic E-state index is 6.48. The van der Waals surface area contributed by atoms with E-state index in [1.807, 2.05) is 12.1 Å². The summed E-state index contributed by atoms with van der Waals surface area (Å²) in [7, 11) is 2.41. The van der Waals surface area contributed by atoms with Crippen LogP contribution in [0, 0.1) is 6.92 Å². The summed E-state index contributed by atoms with van der Waals surface area (Å²) in [5, 5.41) is 1.48. The normalized spacial score (nSPS) is 14.9. The first-order valence-corrected chi connectivity index (χ1v) is 14.5. The molecule has 0 N–H and O–H groups in total. The molecule has 1 unspecified atom stereocenters. The Hall–Kier alpha value is -2.35. The molecule has 1 heterocycles. The van der Waals surface area contributed by atoms with E-state index in [9.17, 15) is 0 Å². The molecule has 0 aliphatic carbocycles. The summed E-state index contributed by atoms with van der Waals surface area (Å²) >= 11 is 0. The van der Waals surface area contributed by atoms with Gasteiger partial charge in [-0.25, -0.2) is 0 Å². The zero-order chi connectivity index (χ0) is 25.4.